The zero-order valence-corrected chi connectivity index (χ0v) is 20.2. The van der Waals surface area contributed by atoms with Crippen LogP contribution in [0.5, 0.6) is 0 Å². The first-order chi connectivity index (χ1) is 17.5. The van der Waals surface area contributed by atoms with Gasteiger partial charge in [-0.3, -0.25) is 9.59 Å². The number of H-pyrrole nitrogens is 1. The van der Waals surface area contributed by atoms with E-state index in [1.165, 1.54) is 12.1 Å². The van der Waals surface area contributed by atoms with Gasteiger partial charge in [-0.15, -0.1) is 11.3 Å². The summed E-state index contributed by atoms with van der Waals surface area (Å²) in [6.45, 7) is 2.33. The van der Waals surface area contributed by atoms with Crippen molar-refractivity contribution < 1.29 is 9.18 Å². The molecule has 1 atom stereocenters. The summed E-state index contributed by atoms with van der Waals surface area (Å²) in [5.74, 6) is -0.110. The molecule has 180 valence electrons. The summed E-state index contributed by atoms with van der Waals surface area (Å²) in [4.78, 5) is 34.4. The van der Waals surface area contributed by atoms with Gasteiger partial charge >= 0.3 is 0 Å². The number of hydrogen-bond acceptors (Lipinski definition) is 5. The topological polar surface area (TPSA) is 86.9 Å². The molecule has 3 N–H and O–H groups in total. The normalized spacial score (nSPS) is 11.8. The van der Waals surface area contributed by atoms with Crippen molar-refractivity contribution in [3.05, 3.63) is 117 Å². The van der Waals surface area contributed by atoms with Gasteiger partial charge in [-0.05, 0) is 60.3 Å². The lowest BCUT2D eigenvalue weighted by Crippen LogP contribution is -2.27. The van der Waals surface area contributed by atoms with E-state index < -0.39 is 0 Å². The minimum atomic E-state index is -0.318. The van der Waals surface area contributed by atoms with Gasteiger partial charge in [0, 0.05) is 33.1 Å². The van der Waals surface area contributed by atoms with Crippen molar-refractivity contribution >= 4 is 33.8 Å². The molecule has 0 radical (unpaired) electrons. The number of rotatable bonds is 7. The number of fused-ring (bicyclic) bond motifs is 1. The minimum Gasteiger partial charge on any atom is -0.365 e. The Morgan fingerprint density at radius 2 is 1.81 bits per heavy atom. The molecule has 0 aliphatic rings. The number of halogens is 1. The van der Waals surface area contributed by atoms with Gasteiger partial charge in [0.2, 0.25) is 0 Å². The Morgan fingerprint density at radius 3 is 2.61 bits per heavy atom. The lowest BCUT2D eigenvalue weighted by Gasteiger charge is -2.16. The Labute approximate surface area is 210 Å². The summed E-state index contributed by atoms with van der Waals surface area (Å²) in [6, 6.07) is 20.8. The number of anilines is 1. The molecule has 36 heavy (non-hydrogen) atoms. The van der Waals surface area contributed by atoms with E-state index in [1.807, 2.05) is 43.3 Å². The Bertz CT molecular complexity index is 1590. The smallest absolute Gasteiger partial charge is 0.255 e. The average molecular weight is 499 g/mol. The molecule has 1 amide bonds. The summed E-state index contributed by atoms with van der Waals surface area (Å²) in [5, 5.41) is 7.78. The van der Waals surface area contributed by atoms with Crippen LogP contribution in [0.25, 0.3) is 21.2 Å². The molecule has 0 aliphatic heterocycles. The highest BCUT2D eigenvalue weighted by Crippen LogP contribution is 2.32. The second kappa shape index (κ2) is 10.1. The van der Waals surface area contributed by atoms with E-state index in [0.717, 1.165) is 26.3 Å². The van der Waals surface area contributed by atoms with Crippen molar-refractivity contribution in [2.75, 3.05) is 5.32 Å². The molecule has 1 unspecified atom stereocenters. The SMILES string of the molecule is CC(NC(=O)c1cccnc1NCc1ccc(-c2c[nH]c(=O)c3ccccc23)s1)c1ccc(F)cc1. The molecule has 5 rings (SSSR count). The highest BCUT2D eigenvalue weighted by Gasteiger charge is 2.16. The third-order valence-corrected chi connectivity index (χ3v) is 7.06. The monoisotopic (exact) mass is 498 g/mol. The third-order valence-electron chi connectivity index (χ3n) is 5.94. The van der Waals surface area contributed by atoms with Crippen LogP contribution in [0.2, 0.25) is 0 Å². The lowest BCUT2D eigenvalue weighted by molar-refractivity contribution is 0.0940. The van der Waals surface area contributed by atoms with E-state index in [9.17, 15) is 14.0 Å². The maximum atomic E-state index is 13.2. The molecular formula is C28H23FN4O2S. The van der Waals surface area contributed by atoms with Gasteiger partial charge in [0.05, 0.1) is 18.2 Å². The molecule has 0 saturated carbocycles. The van der Waals surface area contributed by atoms with E-state index in [1.54, 1.807) is 48.0 Å². The van der Waals surface area contributed by atoms with Crippen LogP contribution < -0.4 is 16.2 Å². The first-order valence-corrected chi connectivity index (χ1v) is 12.3. The fourth-order valence-corrected chi connectivity index (χ4v) is 5.02. The largest absolute Gasteiger partial charge is 0.365 e. The van der Waals surface area contributed by atoms with Crippen LogP contribution in [0.3, 0.4) is 0 Å². The molecule has 0 bridgehead atoms. The van der Waals surface area contributed by atoms with E-state index in [4.69, 9.17) is 0 Å². The molecule has 0 fully saturated rings. The molecule has 2 aromatic carbocycles. The van der Waals surface area contributed by atoms with Gasteiger partial charge in [-0.1, -0.05) is 30.3 Å². The van der Waals surface area contributed by atoms with E-state index in [0.29, 0.717) is 23.3 Å². The molecule has 0 aliphatic carbocycles. The fourth-order valence-electron chi connectivity index (χ4n) is 4.04. The zero-order valence-electron chi connectivity index (χ0n) is 19.4. The van der Waals surface area contributed by atoms with E-state index in [2.05, 4.69) is 20.6 Å². The number of benzene rings is 2. The number of nitrogens with zero attached hydrogens (tertiary/aromatic N) is 1. The number of amides is 1. The number of pyridine rings is 2. The molecule has 6 nitrogen and oxygen atoms in total. The van der Waals surface area contributed by atoms with Crippen molar-refractivity contribution in [3.8, 4) is 10.4 Å². The first kappa shape index (κ1) is 23.4. The standard InChI is InChI=1S/C28H23FN4O2S/c1-17(18-8-10-19(29)11-9-18)33-28(35)23-7-4-14-30-26(23)31-15-20-12-13-25(36-20)24-16-32-27(34)22-6-3-2-5-21(22)24/h2-14,16-17H,15H2,1H3,(H,30,31)(H,32,34)(H,33,35). The van der Waals surface area contributed by atoms with Crippen molar-refractivity contribution in [1.82, 2.24) is 15.3 Å². The number of aromatic nitrogens is 2. The number of hydrogen-bond donors (Lipinski definition) is 3. The average Bonchev–Trinajstić information content (AvgIpc) is 3.37. The van der Waals surface area contributed by atoms with Gasteiger partial charge in [-0.2, -0.15) is 0 Å². The predicted molar refractivity (Wildman–Crippen MR) is 142 cm³/mol. The summed E-state index contributed by atoms with van der Waals surface area (Å²) in [7, 11) is 0. The van der Waals surface area contributed by atoms with Crippen molar-refractivity contribution in [3.63, 3.8) is 0 Å². The van der Waals surface area contributed by atoms with Crippen LogP contribution in [0, 0.1) is 5.82 Å². The van der Waals surface area contributed by atoms with Crippen molar-refractivity contribution in [2.45, 2.75) is 19.5 Å². The second-order valence-electron chi connectivity index (χ2n) is 8.34. The van der Waals surface area contributed by atoms with Crippen molar-refractivity contribution in [2.24, 2.45) is 0 Å². The Morgan fingerprint density at radius 1 is 1.03 bits per heavy atom. The highest BCUT2D eigenvalue weighted by atomic mass is 32.1. The molecule has 5 aromatic rings. The molecule has 8 heteroatoms. The molecule has 0 spiro atoms. The van der Waals surface area contributed by atoms with Crippen LogP contribution in [-0.4, -0.2) is 15.9 Å². The van der Waals surface area contributed by atoms with Crippen LogP contribution in [0.1, 0.15) is 33.8 Å². The Kier molecular flexibility index (Phi) is 6.60. The lowest BCUT2D eigenvalue weighted by atomic mass is 10.1. The van der Waals surface area contributed by atoms with Crippen LogP contribution in [0.15, 0.2) is 90.0 Å². The summed E-state index contributed by atoms with van der Waals surface area (Å²) < 4.78 is 13.2. The van der Waals surface area contributed by atoms with Crippen molar-refractivity contribution in [1.29, 1.82) is 0 Å². The van der Waals surface area contributed by atoms with E-state index in [-0.39, 0.29) is 23.3 Å². The minimum absolute atomic E-state index is 0.109. The molecule has 3 aromatic heterocycles. The number of carbonyl (C=O) groups is 1. The summed E-state index contributed by atoms with van der Waals surface area (Å²) in [5.41, 5.74) is 2.09. The summed E-state index contributed by atoms with van der Waals surface area (Å²) >= 11 is 1.61. The van der Waals surface area contributed by atoms with Gasteiger partial charge in [0.25, 0.3) is 11.5 Å². The first-order valence-electron chi connectivity index (χ1n) is 11.4. The maximum absolute atomic E-state index is 13.2. The van der Waals surface area contributed by atoms with Gasteiger partial charge in [0.1, 0.15) is 11.6 Å². The zero-order chi connectivity index (χ0) is 25.1. The highest BCUT2D eigenvalue weighted by molar-refractivity contribution is 7.15. The van der Waals surface area contributed by atoms with Crippen LogP contribution in [0.4, 0.5) is 10.2 Å². The Hall–Kier alpha value is -4.30. The Balaban J connectivity index is 1.31. The fraction of sp³-hybridized carbons (Fsp3) is 0.107. The van der Waals surface area contributed by atoms with Crippen LogP contribution in [-0.2, 0) is 6.54 Å². The van der Waals surface area contributed by atoms with Gasteiger partial charge in [-0.25, -0.2) is 9.37 Å². The number of thiophene rings is 1. The number of carbonyl (C=O) groups excluding carboxylic acids is 1. The van der Waals surface area contributed by atoms with E-state index >= 15 is 0 Å². The molecule has 3 heterocycles. The van der Waals surface area contributed by atoms with Gasteiger partial charge in [0.15, 0.2) is 0 Å². The number of aromatic amines is 1. The molecule has 0 saturated heterocycles. The van der Waals surface area contributed by atoms with Crippen LogP contribution >= 0.6 is 11.3 Å². The molecular weight excluding hydrogens is 475 g/mol. The quantitative estimate of drug-likeness (QED) is 0.261. The second-order valence-corrected chi connectivity index (χ2v) is 9.51. The number of nitrogens with one attached hydrogen (secondary N) is 3. The predicted octanol–water partition coefficient (Wildman–Crippen LogP) is 5.89. The van der Waals surface area contributed by atoms with Gasteiger partial charge < -0.3 is 15.6 Å². The third kappa shape index (κ3) is 4.89. The maximum Gasteiger partial charge on any atom is 0.255 e. The summed E-state index contributed by atoms with van der Waals surface area (Å²) in [6.07, 6.45) is 3.38.